The second-order valence-corrected chi connectivity index (χ2v) is 5.63. The molecular weight excluding hydrogens is 391 g/mol. The minimum absolute atomic E-state index is 0.244. The molecule has 19 heavy (non-hydrogen) atoms. The Labute approximate surface area is 127 Å². The van der Waals surface area contributed by atoms with E-state index in [9.17, 15) is 13.2 Å². The number of ether oxygens (including phenoxy) is 1. The van der Waals surface area contributed by atoms with Gasteiger partial charge >= 0.3 is 6.18 Å². The third kappa shape index (κ3) is 6.14. The molecule has 7 heteroatoms. The standard InChI is InChI=1S/C12H14Br2F3NO/c1-19-11-3-2-9(6-10(11)14)7-18(5-4-13)8-12(15,16)17/h2-3,6H,4-5,7-8H2,1H3. The summed E-state index contributed by atoms with van der Waals surface area (Å²) in [6.07, 6.45) is -4.19. The van der Waals surface area contributed by atoms with E-state index in [1.165, 1.54) is 4.90 Å². The molecule has 0 spiro atoms. The summed E-state index contributed by atoms with van der Waals surface area (Å²) in [5, 5.41) is 0.500. The van der Waals surface area contributed by atoms with Crippen molar-refractivity contribution in [2.45, 2.75) is 12.7 Å². The highest BCUT2D eigenvalue weighted by atomic mass is 79.9. The van der Waals surface area contributed by atoms with Gasteiger partial charge in [0.2, 0.25) is 0 Å². The Morgan fingerprint density at radius 1 is 1.32 bits per heavy atom. The molecule has 1 rings (SSSR count). The van der Waals surface area contributed by atoms with E-state index in [0.717, 1.165) is 10.0 Å². The number of methoxy groups -OCH3 is 1. The Morgan fingerprint density at radius 3 is 2.47 bits per heavy atom. The highest BCUT2D eigenvalue weighted by Gasteiger charge is 2.30. The molecule has 1 aromatic carbocycles. The fraction of sp³-hybridized carbons (Fsp3) is 0.500. The number of nitrogens with zero attached hydrogens (tertiary/aromatic N) is 1. The zero-order valence-electron chi connectivity index (χ0n) is 10.3. The molecule has 0 aromatic heterocycles. The van der Waals surface area contributed by atoms with Crippen LogP contribution in [-0.2, 0) is 6.54 Å². The minimum Gasteiger partial charge on any atom is -0.496 e. The monoisotopic (exact) mass is 403 g/mol. The van der Waals surface area contributed by atoms with Gasteiger partial charge in [-0.2, -0.15) is 13.2 Å². The number of halogens is 5. The lowest BCUT2D eigenvalue weighted by atomic mass is 10.2. The van der Waals surface area contributed by atoms with Gasteiger partial charge in [0.05, 0.1) is 18.1 Å². The number of benzene rings is 1. The van der Waals surface area contributed by atoms with E-state index in [4.69, 9.17) is 4.74 Å². The SMILES string of the molecule is COc1ccc(CN(CCBr)CC(F)(F)F)cc1Br. The van der Waals surface area contributed by atoms with Crippen LogP contribution in [0.5, 0.6) is 5.75 Å². The van der Waals surface area contributed by atoms with Crippen LogP contribution in [0.25, 0.3) is 0 Å². The summed E-state index contributed by atoms with van der Waals surface area (Å²) in [5.74, 6) is 0.659. The summed E-state index contributed by atoms with van der Waals surface area (Å²) in [6, 6.07) is 5.27. The molecule has 0 amide bonds. The van der Waals surface area contributed by atoms with Crippen molar-refractivity contribution in [3.63, 3.8) is 0 Å². The number of rotatable bonds is 6. The normalized spacial score (nSPS) is 11.9. The van der Waals surface area contributed by atoms with Crippen LogP contribution < -0.4 is 4.74 Å². The lowest BCUT2D eigenvalue weighted by Crippen LogP contribution is -2.35. The first-order valence-corrected chi connectivity index (χ1v) is 7.44. The Bertz CT molecular complexity index is 412. The predicted molar refractivity (Wildman–Crippen MR) is 75.8 cm³/mol. The Morgan fingerprint density at radius 2 is 2.00 bits per heavy atom. The van der Waals surface area contributed by atoms with Gasteiger partial charge in [-0.3, -0.25) is 4.90 Å². The van der Waals surface area contributed by atoms with Crippen molar-refractivity contribution in [2.75, 3.05) is 25.5 Å². The van der Waals surface area contributed by atoms with Crippen LogP contribution >= 0.6 is 31.9 Å². The molecule has 108 valence electrons. The van der Waals surface area contributed by atoms with Gasteiger partial charge in [-0.25, -0.2) is 0 Å². The predicted octanol–water partition coefficient (Wildman–Crippen LogP) is 4.22. The Balaban J connectivity index is 2.76. The number of hydrogen-bond acceptors (Lipinski definition) is 2. The Hall–Kier alpha value is -0.270. The first-order chi connectivity index (χ1) is 8.85. The molecule has 1 aromatic rings. The van der Waals surface area contributed by atoms with E-state index in [1.54, 1.807) is 25.3 Å². The third-order valence-electron chi connectivity index (χ3n) is 2.43. The highest BCUT2D eigenvalue weighted by molar-refractivity contribution is 9.10. The maximum atomic E-state index is 12.4. The molecule has 0 N–H and O–H groups in total. The van der Waals surface area contributed by atoms with Crippen LogP contribution in [0, 0.1) is 0 Å². The minimum atomic E-state index is -4.19. The molecule has 0 aliphatic heterocycles. The molecule has 0 aliphatic rings. The van der Waals surface area contributed by atoms with Gasteiger partial charge in [0, 0.05) is 18.4 Å². The molecule has 0 heterocycles. The van der Waals surface area contributed by atoms with E-state index >= 15 is 0 Å². The van der Waals surface area contributed by atoms with Crippen molar-refractivity contribution in [3.8, 4) is 5.75 Å². The fourth-order valence-electron chi connectivity index (χ4n) is 1.65. The molecule has 2 nitrogen and oxygen atoms in total. The van der Waals surface area contributed by atoms with Crippen molar-refractivity contribution < 1.29 is 17.9 Å². The van der Waals surface area contributed by atoms with Crippen LogP contribution in [0.3, 0.4) is 0 Å². The quantitative estimate of drug-likeness (QED) is 0.658. The summed E-state index contributed by atoms with van der Waals surface area (Å²) < 4.78 is 43.2. The van der Waals surface area contributed by atoms with Crippen molar-refractivity contribution in [1.29, 1.82) is 0 Å². The summed E-state index contributed by atoms with van der Waals surface area (Å²) in [4.78, 5) is 1.35. The molecule has 0 radical (unpaired) electrons. The number of hydrogen-bond donors (Lipinski definition) is 0. The van der Waals surface area contributed by atoms with Crippen molar-refractivity contribution in [2.24, 2.45) is 0 Å². The van der Waals surface area contributed by atoms with Gasteiger partial charge in [-0.1, -0.05) is 22.0 Å². The molecule has 0 atom stereocenters. The van der Waals surface area contributed by atoms with E-state index in [0.29, 0.717) is 17.6 Å². The lowest BCUT2D eigenvalue weighted by molar-refractivity contribution is -0.146. The molecule has 0 saturated carbocycles. The molecular formula is C12H14Br2F3NO. The summed E-state index contributed by atoms with van der Waals surface area (Å²) in [5.41, 5.74) is 0.804. The smallest absolute Gasteiger partial charge is 0.401 e. The summed E-state index contributed by atoms with van der Waals surface area (Å²) in [6.45, 7) is -0.334. The van der Waals surface area contributed by atoms with Crippen molar-refractivity contribution >= 4 is 31.9 Å². The van der Waals surface area contributed by atoms with Gasteiger partial charge < -0.3 is 4.74 Å². The molecule has 0 fully saturated rings. The van der Waals surface area contributed by atoms with Gasteiger partial charge in [-0.15, -0.1) is 0 Å². The lowest BCUT2D eigenvalue weighted by Gasteiger charge is -2.23. The second-order valence-electron chi connectivity index (χ2n) is 3.98. The van der Waals surface area contributed by atoms with Gasteiger partial charge in [-0.05, 0) is 33.6 Å². The molecule has 0 unspecified atom stereocenters. The van der Waals surface area contributed by atoms with Crippen LogP contribution in [0.4, 0.5) is 13.2 Å². The van der Waals surface area contributed by atoms with Crippen LogP contribution in [-0.4, -0.2) is 36.6 Å². The van der Waals surface area contributed by atoms with Crippen molar-refractivity contribution in [3.05, 3.63) is 28.2 Å². The van der Waals surface area contributed by atoms with Gasteiger partial charge in [0.25, 0.3) is 0 Å². The van der Waals surface area contributed by atoms with Crippen LogP contribution in [0.2, 0.25) is 0 Å². The van der Waals surface area contributed by atoms with E-state index in [-0.39, 0.29) is 6.54 Å². The Kier molecular flexibility index (Phi) is 6.62. The maximum absolute atomic E-state index is 12.4. The summed E-state index contributed by atoms with van der Waals surface area (Å²) >= 11 is 6.49. The van der Waals surface area contributed by atoms with Gasteiger partial charge in [0.1, 0.15) is 5.75 Å². The first-order valence-electron chi connectivity index (χ1n) is 5.53. The average Bonchev–Trinajstić information content (AvgIpc) is 2.27. The van der Waals surface area contributed by atoms with Crippen molar-refractivity contribution in [1.82, 2.24) is 4.90 Å². The largest absolute Gasteiger partial charge is 0.496 e. The zero-order valence-corrected chi connectivity index (χ0v) is 13.5. The third-order valence-corrected chi connectivity index (χ3v) is 3.40. The van der Waals surface area contributed by atoms with Gasteiger partial charge in [0.15, 0.2) is 0 Å². The summed E-state index contributed by atoms with van der Waals surface area (Å²) in [7, 11) is 1.54. The van der Waals surface area contributed by atoms with E-state index in [2.05, 4.69) is 31.9 Å². The van der Waals surface area contributed by atoms with Crippen LogP contribution in [0.1, 0.15) is 5.56 Å². The van der Waals surface area contributed by atoms with E-state index in [1.807, 2.05) is 0 Å². The average molecular weight is 405 g/mol. The zero-order chi connectivity index (χ0) is 14.5. The van der Waals surface area contributed by atoms with E-state index < -0.39 is 12.7 Å². The first kappa shape index (κ1) is 16.8. The number of alkyl halides is 4. The molecule has 0 bridgehead atoms. The van der Waals surface area contributed by atoms with Crippen LogP contribution in [0.15, 0.2) is 22.7 Å². The second kappa shape index (κ2) is 7.50. The molecule has 0 aliphatic carbocycles. The highest BCUT2D eigenvalue weighted by Crippen LogP contribution is 2.26. The fourth-order valence-corrected chi connectivity index (χ4v) is 2.74. The maximum Gasteiger partial charge on any atom is 0.401 e. The topological polar surface area (TPSA) is 12.5 Å². The molecule has 0 saturated heterocycles.